The molecular formula is C31H39NO6. The van der Waals surface area contributed by atoms with Gasteiger partial charge in [0.15, 0.2) is 0 Å². The largest absolute Gasteiger partial charge is 0.507 e. The number of phenols is 1. The van der Waals surface area contributed by atoms with E-state index >= 15 is 0 Å². The topological polar surface area (TPSA) is 107 Å². The van der Waals surface area contributed by atoms with Crippen LogP contribution < -0.4 is 0 Å². The van der Waals surface area contributed by atoms with Gasteiger partial charge in [0.05, 0.1) is 31.2 Å². The van der Waals surface area contributed by atoms with E-state index in [2.05, 4.69) is 13.0 Å². The summed E-state index contributed by atoms with van der Waals surface area (Å²) in [7, 11) is 1.57. The summed E-state index contributed by atoms with van der Waals surface area (Å²) in [6.45, 7) is 4.31. The predicted octanol–water partition coefficient (Wildman–Crippen LogP) is 4.45. The summed E-state index contributed by atoms with van der Waals surface area (Å²) in [5, 5.41) is 33.8. The number of carbonyl (C=O) groups is 2. The normalized spacial score (nSPS) is 22.9. The first kappa shape index (κ1) is 28.0. The number of nitrogens with zero attached hydrogens (tertiary/aromatic N) is 1. The number of fused-ring (bicyclic) bond motifs is 2. The van der Waals surface area contributed by atoms with Crippen molar-refractivity contribution >= 4 is 28.7 Å². The Morgan fingerprint density at radius 1 is 1.13 bits per heavy atom. The van der Waals surface area contributed by atoms with Gasteiger partial charge in [-0.25, -0.2) is 0 Å². The summed E-state index contributed by atoms with van der Waals surface area (Å²) >= 11 is 0. The molecule has 2 aromatic carbocycles. The molecule has 1 heterocycles. The smallest absolute Gasteiger partial charge is 0.233 e. The molecule has 2 aromatic rings. The van der Waals surface area contributed by atoms with E-state index in [0.29, 0.717) is 37.8 Å². The predicted molar refractivity (Wildman–Crippen MR) is 147 cm³/mol. The highest BCUT2D eigenvalue weighted by molar-refractivity contribution is 6.06. The van der Waals surface area contributed by atoms with Gasteiger partial charge in [-0.1, -0.05) is 55.8 Å². The van der Waals surface area contributed by atoms with Crippen molar-refractivity contribution in [2.24, 2.45) is 17.8 Å². The van der Waals surface area contributed by atoms with Crippen molar-refractivity contribution in [3.63, 3.8) is 0 Å². The fraction of sp³-hybridized carbons (Fsp3) is 0.484. The second kappa shape index (κ2) is 12.2. The first-order chi connectivity index (χ1) is 18.4. The minimum atomic E-state index is -0.868. The van der Waals surface area contributed by atoms with Crippen molar-refractivity contribution in [3.05, 3.63) is 58.7 Å². The molecule has 0 aromatic heterocycles. The Balaban J connectivity index is 1.60. The van der Waals surface area contributed by atoms with Crippen LogP contribution in [-0.2, 0) is 14.3 Å². The summed E-state index contributed by atoms with van der Waals surface area (Å²) in [5.41, 5.74) is 3.61. The molecule has 1 fully saturated rings. The zero-order chi connectivity index (χ0) is 27.4. The van der Waals surface area contributed by atoms with Gasteiger partial charge in [0.25, 0.3) is 0 Å². The molecule has 0 unspecified atom stereocenters. The third-order valence-electron chi connectivity index (χ3n) is 8.08. The van der Waals surface area contributed by atoms with Crippen LogP contribution in [0.1, 0.15) is 51.5 Å². The van der Waals surface area contributed by atoms with Crippen LogP contribution in [0.25, 0.3) is 16.8 Å². The van der Waals surface area contributed by atoms with Crippen LogP contribution in [0.2, 0.25) is 0 Å². The molecule has 7 nitrogen and oxygen atoms in total. The molecule has 38 heavy (non-hydrogen) atoms. The Kier molecular flexibility index (Phi) is 9.03. The van der Waals surface area contributed by atoms with E-state index in [4.69, 9.17) is 4.74 Å². The molecule has 4 atom stereocenters. The number of ether oxygens (including phenoxy) is 1. The number of aliphatic hydroxyl groups is 2. The van der Waals surface area contributed by atoms with Crippen molar-refractivity contribution in [2.45, 2.75) is 52.1 Å². The quantitative estimate of drug-likeness (QED) is 0.298. The van der Waals surface area contributed by atoms with Crippen LogP contribution in [0.4, 0.5) is 0 Å². The molecule has 0 bridgehead atoms. The number of imide groups is 1. The van der Waals surface area contributed by atoms with E-state index in [-0.39, 0.29) is 30.8 Å². The van der Waals surface area contributed by atoms with Gasteiger partial charge in [-0.15, -0.1) is 0 Å². The third-order valence-corrected chi connectivity index (χ3v) is 8.08. The van der Waals surface area contributed by atoms with Crippen LogP contribution in [0, 0.1) is 17.8 Å². The molecule has 0 radical (unpaired) electrons. The maximum absolute atomic E-state index is 13.2. The Labute approximate surface area is 224 Å². The molecule has 1 aliphatic heterocycles. The lowest BCUT2D eigenvalue weighted by Gasteiger charge is -2.36. The standard InChI is InChI=1S/C31H39NO6/c1-4-14-32-30(36)24-16-21(18-38-3)28(25(17-33)29(24)31(32)37)27(35)12-10-19(5-2)15-20-11-13-26(34)23-9-7-6-8-22(20)23/h6-9,11,13,15,24-25,27,29,33-35H,4-5,10,12,14,16-18H2,1-3H3/b19-15+/t24-,25+,27-,29-/m1/s1. The number of rotatable bonds is 11. The SMILES string of the molecule is CCCN1C(=O)[C@@H]2[C@@H](CC(COC)=C([C@H](O)CC/C(=C/c3ccc(O)c4ccccc34)CC)[C@@H]2CO)C1=O. The second-order valence-corrected chi connectivity index (χ2v) is 10.4. The van der Waals surface area contributed by atoms with E-state index in [9.17, 15) is 24.9 Å². The molecule has 1 saturated heterocycles. The first-order valence-electron chi connectivity index (χ1n) is 13.6. The van der Waals surface area contributed by atoms with E-state index in [1.54, 1.807) is 13.2 Å². The van der Waals surface area contributed by atoms with E-state index < -0.39 is 23.9 Å². The van der Waals surface area contributed by atoms with E-state index in [1.165, 1.54) is 4.90 Å². The summed E-state index contributed by atoms with van der Waals surface area (Å²) in [6.07, 6.45) is 4.12. The van der Waals surface area contributed by atoms with Crippen LogP contribution in [0.15, 0.2) is 53.1 Å². The summed E-state index contributed by atoms with van der Waals surface area (Å²) in [6, 6.07) is 11.3. The van der Waals surface area contributed by atoms with Crippen molar-refractivity contribution < 1.29 is 29.6 Å². The fourth-order valence-corrected chi connectivity index (χ4v) is 6.26. The van der Waals surface area contributed by atoms with E-state index in [0.717, 1.165) is 33.9 Å². The van der Waals surface area contributed by atoms with Gasteiger partial charge in [-0.2, -0.15) is 0 Å². The number of phenolic OH excluding ortho intramolecular Hbond substituents is 1. The number of amides is 2. The minimum absolute atomic E-state index is 0.181. The molecular weight excluding hydrogens is 482 g/mol. The minimum Gasteiger partial charge on any atom is -0.507 e. The Bertz CT molecular complexity index is 1250. The molecule has 2 amide bonds. The lowest BCUT2D eigenvalue weighted by molar-refractivity contribution is -0.140. The van der Waals surface area contributed by atoms with Crippen LogP contribution in [0.3, 0.4) is 0 Å². The fourth-order valence-electron chi connectivity index (χ4n) is 6.26. The van der Waals surface area contributed by atoms with Crippen molar-refractivity contribution in [1.82, 2.24) is 4.90 Å². The molecule has 2 aliphatic rings. The van der Waals surface area contributed by atoms with Gasteiger partial charge in [0.1, 0.15) is 5.75 Å². The van der Waals surface area contributed by atoms with Crippen LogP contribution in [0.5, 0.6) is 5.75 Å². The number of methoxy groups -OCH3 is 1. The molecule has 0 spiro atoms. The Morgan fingerprint density at radius 3 is 2.53 bits per heavy atom. The number of carbonyl (C=O) groups excluding carboxylic acids is 2. The second-order valence-electron chi connectivity index (χ2n) is 10.4. The van der Waals surface area contributed by atoms with Gasteiger partial charge in [-0.3, -0.25) is 14.5 Å². The van der Waals surface area contributed by atoms with Crippen LogP contribution >= 0.6 is 0 Å². The molecule has 1 aliphatic carbocycles. The van der Waals surface area contributed by atoms with Gasteiger partial charge >= 0.3 is 0 Å². The van der Waals surface area contributed by atoms with Crippen molar-refractivity contribution in [2.75, 3.05) is 26.9 Å². The average molecular weight is 522 g/mol. The van der Waals surface area contributed by atoms with Gasteiger partial charge in [-0.05, 0) is 60.3 Å². The number of hydrogen-bond donors (Lipinski definition) is 3. The number of allylic oxidation sites excluding steroid dienone is 1. The van der Waals surface area contributed by atoms with Crippen LogP contribution in [-0.4, -0.2) is 65.0 Å². The van der Waals surface area contributed by atoms with E-state index in [1.807, 2.05) is 37.3 Å². The zero-order valence-electron chi connectivity index (χ0n) is 22.5. The highest BCUT2D eigenvalue weighted by atomic mass is 16.5. The lowest BCUT2D eigenvalue weighted by atomic mass is 9.68. The van der Waals surface area contributed by atoms with Crippen molar-refractivity contribution in [1.29, 1.82) is 0 Å². The number of likely N-dealkylation sites (tertiary alicyclic amines) is 1. The number of aliphatic hydroxyl groups excluding tert-OH is 2. The summed E-state index contributed by atoms with van der Waals surface area (Å²) < 4.78 is 5.42. The highest BCUT2D eigenvalue weighted by Gasteiger charge is 2.54. The highest BCUT2D eigenvalue weighted by Crippen LogP contribution is 2.46. The van der Waals surface area contributed by atoms with Gasteiger partial charge in [0, 0.05) is 25.0 Å². The molecule has 4 rings (SSSR count). The molecule has 0 saturated carbocycles. The number of hydrogen-bond acceptors (Lipinski definition) is 6. The molecule has 7 heteroatoms. The summed E-state index contributed by atoms with van der Waals surface area (Å²) in [5.74, 6) is -1.94. The Morgan fingerprint density at radius 2 is 1.87 bits per heavy atom. The summed E-state index contributed by atoms with van der Waals surface area (Å²) in [4.78, 5) is 27.6. The third kappa shape index (κ3) is 5.28. The molecule has 204 valence electrons. The van der Waals surface area contributed by atoms with Crippen molar-refractivity contribution in [3.8, 4) is 5.75 Å². The monoisotopic (exact) mass is 521 g/mol. The van der Waals surface area contributed by atoms with Gasteiger partial charge in [0.2, 0.25) is 11.8 Å². The lowest BCUT2D eigenvalue weighted by Crippen LogP contribution is -2.39. The zero-order valence-corrected chi connectivity index (χ0v) is 22.5. The number of aromatic hydroxyl groups is 1. The molecule has 3 N–H and O–H groups in total. The maximum Gasteiger partial charge on any atom is 0.233 e. The van der Waals surface area contributed by atoms with Gasteiger partial charge < -0.3 is 20.1 Å². The number of benzene rings is 2. The average Bonchev–Trinajstić information content (AvgIpc) is 3.16. The maximum atomic E-state index is 13.2. The first-order valence-corrected chi connectivity index (χ1v) is 13.6. The Hall–Kier alpha value is -3.00.